The van der Waals surface area contributed by atoms with Gasteiger partial charge in [0.1, 0.15) is 10.7 Å². The van der Waals surface area contributed by atoms with E-state index in [1.54, 1.807) is 6.20 Å². The zero-order valence-electron chi connectivity index (χ0n) is 9.90. The number of hydrogen-bond donors (Lipinski definition) is 1. The lowest BCUT2D eigenvalue weighted by Gasteiger charge is -2.06. The van der Waals surface area contributed by atoms with Gasteiger partial charge in [-0.1, -0.05) is 11.4 Å². The number of pyridine rings is 1. The Morgan fingerprint density at radius 1 is 1.56 bits per heavy atom. The van der Waals surface area contributed by atoms with Crippen molar-refractivity contribution in [2.45, 2.75) is 20.3 Å². The monoisotopic (exact) mass is 326 g/mol. The van der Waals surface area contributed by atoms with Crippen LogP contribution in [0, 0.1) is 6.92 Å². The Hall–Kier alpha value is -1.34. The molecule has 7 heteroatoms. The van der Waals surface area contributed by atoms with Crippen molar-refractivity contribution in [2.75, 3.05) is 5.32 Å². The molecule has 94 valence electrons. The van der Waals surface area contributed by atoms with Crippen molar-refractivity contribution in [3.63, 3.8) is 0 Å². The summed E-state index contributed by atoms with van der Waals surface area (Å²) in [6.07, 6.45) is 2.33. The van der Waals surface area contributed by atoms with E-state index in [0.717, 1.165) is 21.6 Å². The Bertz CT molecular complexity index is 584. The van der Waals surface area contributed by atoms with Crippen LogP contribution in [0.25, 0.3) is 0 Å². The molecule has 18 heavy (non-hydrogen) atoms. The highest BCUT2D eigenvalue weighted by Crippen LogP contribution is 2.19. The molecule has 2 rings (SSSR count). The SMILES string of the molecule is CCc1nnsc1C(=O)Nc1ncc(Br)cc1C. The first-order valence-electron chi connectivity index (χ1n) is 5.36. The number of anilines is 1. The molecule has 0 fully saturated rings. The zero-order valence-corrected chi connectivity index (χ0v) is 12.3. The van der Waals surface area contributed by atoms with Crippen LogP contribution in [-0.4, -0.2) is 20.5 Å². The highest BCUT2D eigenvalue weighted by Gasteiger charge is 2.16. The number of rotatable bonds is 3. The standard InChI is InChI=1S/C11H11BrN4OS/c1-3-8-9(18-16-15-8)11(17)14-10-6(2)4-7(12)5-13-10/h4-5H,3H2,1-2H3,(H,13,14,17). The third kappa shape index (κ3) is 2.73. The Morgan fingerprint density at radius 2 is 2.33 bits per heavy atom. The van der Waals surface area contributed by atoms with E-state index >= 15 is 0 Å². The number of hydrogen-bond acceptors (Lipinski definition) is 5. The summed E-state index contributed by atoms with van der Waals surface area (Å²) in [5, 5.41) is 6.69. The van der Waals surface area contributed by atoms with Crippen molar-refractivity contribution in [3.8, 4) is 0 Å². The quantitative estimate of drug-likeness (QED) is 0.941. The summed E-state index contributed by atoms with van der Waals surface area (Å²) in [7, 11) is 0. The molecule has 1 N–H and O–H groups in total. The lowest BCUT2D eigenvalue weighted by Crippen LogP contribution is -2.14. The zero-order chi connectivity index (χ0) is 13.1. The molecule has 5 nitrogen and oxygen atoms in total. The summed E-state index contributed by atoms with van der Waals surface area (Å²) in [5.74, 6) is 0.346. The second-order valence-electron chi connectivity index (χ2n) is 3.68. The summed E-state index contributed by atoms with van der Waals surface area (Å²) < 4.78 is 4.68. The Balaban J connectivity index is 2.21. The molecule has 0 radical (unpaired) electrons. The van der Waals surface area contributed by atoms with Crippen LogP contribution in [-0.2, 0) is 6.42 Å². The summed E-state index contributed by atoms with van der Waals surface area (Å²) in [6, 6.07) is 1.90. The maximum atomic E-state index is 12.1. The molecule has 0 saturated heterocycles. The van der Waals surface area contributed by atoms with Gasteiger partial charge in [0.15, 0.2) is 0 Å². The maximum Gasteiger partial charge on any atom is 0.270 e. The number of carbonyl (C=O) groups excluding carboxylic acids is 1. The molecular weight excluding hydrogens is 316 g/mol. The van der Waals surface area contributed by atoms with Crippen LogP contribution < -0.4 is 5.32 Å². The summed E-state index contributed by atoms with van der Waals surface area (Å²) in [5.41, 5.74) is 1.61. The molecule has 2 heterocycles. The van der Waals surface area contributed by atoms with E-state index in [1.807, 2.05) is 19.9 Å². The number of aromatic nitrogens is 3. The van der Waals surface area contributed by atoms with Gasteiger partial charge in [-0.2, -0.15) is 0 Å². The molecule has 1 amide bonds. The van der Waals surface area contributed by atoms with E-state index < -0.39 is 0 Å². The first kappa shape index (κ1) is 13.1. The second kappa shape index (κ2) is 5.53. The number of nitrogens with one attached hydrogen (secondary N) is 1. The molecule has 0 aliphatic carbocycles. The summed E-state index contributed by atoms with van der Waals surface area (Å²) in [4.78, 5) is 16.8. The van der Waals surface area contributed by atoms with Gasteiger partial charge in [-0.05, 0) is 52.4 Å². The molecule has 0 atom stereocenters. The Kier molecular flexibility index (Phi) is 4.03. The predicted octanol–water partition coefficient (Wildman–Crippen LogP) is 2.82. The molecule has 0 aliphatic rings. The maximum absolute atomic E-state index is 12.1. The van der Waals surface area contributed by atoms with Gasteiger partial charge < -0.3 is 5.32 Å². The lowest BCUT2D eigenvalue weighted by molar-refractivity contribution is 0.102. The molecule has 2 aromatic heterocycles. The van der Waals surface area contributed by atoms with Crippen LogP contribution >= 0.6 is 27.5 Å². The van der Waals surface area contributed by atoms with Crippen LogP contribution in [0.15, 0.2) is 16.7 Å². The molecule has 0 spiro atoms. The predicted molar refractivity (Wildman–Crippen MR) is 73.9 cm³/mol. The molecule has 2 aromatic rings. The van der Waals surface area contributed by atoms with Crippen molar-refractivity contribution >= 4 is 39.2 Å². The fourth-order valence-corrected chi connectivity index (χ4v) is 2.54. The topological polar surface area (TPSA) is 67.8 Å². The van der Waals surface area contributed by atoms with Gasteiger partial charge >= 0.3 is 0 Å². The minimum Gasteiger partial charge on any atom is -0.306 e. The van der Waals surface area contributed by atoms with Gasteiger partial charge in [0.05, 0.1) is 5.69 Å². The highest BCUT2D eigenvalue weighted by molar-refractivity contribution is 9.10. The first-order chi connectivity index (χ1) is 8.61. The van der Waals surface area contributed by atoms with Gasteiger partial charge in [0, 0.05) is 10.7 Å². The van der Waals surface area contributed by atoms with Crippen LogP contribution in [0.1, 0.15) is 27.9 Å². The van der Waals surface area contributed by atoms with Crippen molar-refractivity contribution in [1.29, 1.82) is 0 Å². The van der Waals surface area contributed by atoms with E-state index in [2.05, 4.69) is 35.8 Å². The third-order valence-corrected chi connectivity index (χ3v) is 3.57. The van der Waals surface area contributed by atoms with Gasteiger partial charge in [-0.25, -0.2) is 4.98 Å². The van der Waals surface area contributed by atoms with E-state index in [4.69, 9.17) is 0 Å². The molecule has 0 bridgehead atoms. The van der Waals surface area contributed by atoms with Crippen molar-refractivity contribution in [3.05, 3.63) is 32.9 Å². The second-order valence-corrected chi connectivity index (χ2v) is 5.35. The number of carbonyl (C=O) groups is 1. The smallest absolute Gasteiger partial charge is 0.270 e. The van der Waals surface area contributed by atoms with Gasteiger partial charge in [0.2, 0.25) is 0 Å². The average molecular weight is 327 g/mol. The van der Waals surface area contributed by atoms with Gasteiger partial charge in [0.25, 0.3) is 5.91 Å². The van der Waals surface area contributed by atoms with E-state index in [0.29, 0.717) is 22.8 Å². The fourth-order valence-electron chi connectivity index (χ4n) is 1.45. The average Bonchev–Trinajstić information content (AvgIpc) is 2.81. The molecule has 0 aliphatic heterocycles. The van der Waals surface area contributed by atoms with Crippen molar-refractivity contribution in [1.82, 2.24) is 14.6 Å². The lowest BCUT2D eigenvalue weighted by atomic mass is 10.2. The van der Waals surface area contributed by atoms with Crippen LogP contribution in [0.4, 0.5) is 5.82 Å². The number of aryl methyl sites for hydroxylation is 2. The van der Waals surface area contributed by atoms with Gasteiger partial charge in [-0.15, -0.1) is 5.10 Å². The minimum atomic E-state index is -0.209. The van der Waals surface area contributed by atoms with E-state index in [1.165, 1.54) is 0 Å². The van der Waals surface area contributed by atoms with Gasteiger partial charge in [-0.3, -0.25) is 4.79 Å². The fraction of sp³-hybridized carbons (Fsp3) is 0.273. The Morgan fingerprint density at radius 3 is 3.00 bits per heavy atom. The molecular formula is C11H11BrN4OS. The molecule has 0 saturated carbocycles. The summed E-state index contributed by atoms with van der Waals surface area (Å²) in [6.45, 7) is 3.83. The minimum absolute atomic E-state index is 0.209. The van der Waals surface area contributed by atoms with Crippen LogP contribution in [0.5, 0.6) is 0 Å². The van der Waals surface area contributed by atoms with Crippen molar-refractivity contribution < 1.29 is 4.79 Å². The van der Waals surface area contributed by atoms with Crippen LogP contribution in [0.3, 0.4) is 0 Å². The van der Waals surface area contributed by atoms with E-state index in [-0.39, 0.29) is 5.91 Å². The van der Waals surface area contributed by atoms with E-state index in [9.17, 15) is 4.79 Å². The third-order valence-electron chi connectivity index (χ3n) is 2.37. The number of halogens is 1. The number of nitrogens with zero attached hydrogens (tertiary/aromatic N) is 3. The first-order valence-corrected chi connectivity index (χ1v) is 6.93. The Labute approximate surface area is 117 Å². The van der Waals surface area contributed by atoms with Crippen LogP contribution in [0.2, 0.25) is 0 Å². The molecule has 0 unspecified atom stereocenters. The molecule has 0 aromatic carbocycles. The van der Waals surface area contributed by atoms with Crippen molar-refractivity contribution in [2.24, 2.45) is 0 Å². The summed E-state index contributed by atoms with van der Waals surface area (Å²) >= 11 is 4.43. The normalized spacial score (nSPS) is 10.4. The highest BCUT2D eigenvalue weighted by atomic mass is 79.9. The largest absolute Gasteiger partial charge is 0.306 e. The number of amides is 1.